The van der Waals surface area contributed by atoms with E-state index >= 15 is 0 Å². The Morgan fingerprint density at radius 1 is 1.26 bits per heavy atom. The average Bonchev–Trinajstić information content (AvgIpc) is 2.81. The van der Waals surface area contributed by atoms with Crippen LogP contribution in [0.5, 0.6) is 0 Å². The minimum Gasteiger partial charge on any atom is -0.381 e. The molecule has 1 N–H and O–H groups in total. The first-order valence-corrected chi connectivity index (χ1v) is 8.15. The fourth-order valence-electron chi connectivity index (χ4n) is 4.58. The van der Waals surface area contributed by atoms with Gasteiger partial charge in [-0.15, -0.1) is 0 Å². The van der Waals surface area contributed by atoms with E-state index in [1.54, 1.807) is 0 Å². The first-order chi connectivity index (χ1) is 8.84. The van der Waals surface area contributed by atoms with Crippen LogP contribution in [0.2, 0.25) is 0 Å². The van der Waals surface area contributed by atoms with Crippen LogP contribution in [0.25, 0.3) is 0 Å². The Bertz CT molecular complexity index is 503. The minimum atomic E-state index is 0.405. The molecule has 1 aromatic rings. The third-order valence-corrected chi connectivity index (χ3v) is 6.70. The average molecular weight is 322 g/mol. The number of fused-ring (bicyclic) bond motifs is 2. The molecule has 3 rings (SSSR count). The van der Waals surface area contributed by atoms with Crippen LogP contribution in [-0.4, -0.2) is 6.04 Å². The predicted octanol–water partition coefficient (Wildman–Crippen LogP) is 5.38. The summed E-state index contributed by atoms with van der Waals surface area (Å²) in [6.07, 6.45) is 4.19. The quantitative estimate of drug-likeness (QED) is 0.770. The number of rotatable bonds is 2. The van der Waals surface area contributed by atoms with Gasteiger partial charge in [-0.05, 0) is 60.6 Å². The minimum absolute atomic E-state index is 0.405. The van der Waals surface area contributed by atoms with Crippen molar-refractivity contribution in [2.45, 2.75) is 53.0 Å². The van der Waals surface area contributed by atoms with Gasteiger partial charge in [0.05, 0.1) is 0 Å². The molecule has 104 valence electrons. The number of anilines is 1. The van der Waals surface area contributed by atoms with Crippen molar-refractivity contribution in [1.29, 1.82) is 0 Å². The van der Waals surface area contributed by atoms with Crippen molar-refractivity contribution in [3.8, 4) is 0 Å². The van der Waals surface area contributed by atoms with Crippen LogP contribution in [0.15, 0.2) is 22.7 Å². The van der Waals surface area contributed by atoms with Crippen molar-refractivity contribution in [1.82, 2.24) is 0 Å². The van der Waals surface area contributed by atoms with Crippen LogP contribution < -0.4 is 5.32 Å². The van der Waals surface area contributed by atoms with E-state index in [-0.39, 0.29) is 0 Å². The molecule has 2 bridgehead atoms. The Labute approximate surface area is 125 Å². The zero-order chi connectivity index (χ0) is 13.8. The van der Waals surface area contributed by atoms with E-state index in [2.05, 4.69) is 67.1 Å². The van der Waals surface area contributed by atoms with E-state index in [0.29, 0.717) is 16.9 Å². The summed E-state index contributed by atoms with van der Waals surface area (Å²) < 4.78 is 1.20. The highest BCUT2D eigenvalue weighted by molar-refractivity contribution is 9.10. The van der Waals surface area contributed by atoms with Gasteiger partial charge in [-0.1, -0.05) is 42.8 Å². The van der Waals surface area contributed by atoms with Crippen molar-refractivity contribution in [2.75, 3.05) is 5.32 Å². The first kappa shape index (κ1) is 13.5. The van der Waals surface area contributed by atoms with Gasteiger partial charge in [-0.2, -0.15) is 0 Å². The predicted molar refractivity (Wildman–Crippen MR) is 85.5 cm³/mol. The molecule has 1 unspecified atom stereocenters. The number of hydrogen-bond acceptors (Lipinski definition) is 1. The fraction of sp³-hybridized carbons (Fsp3) is 0.647. The van der Waals surface area contributed by atoms with Gasteiger partial charge in [0.1, 0.15) is 0 Å². The van der Waals surface area contributed by atoms with Crippen LogP contribution in [0, 0.1) is 23.7 Å². The summed E-state index contributed by atoms with van der Waals surface area (Å²) in [6.45, 7) is 9.57. The maximum Gasteiger partial charge on any atom is 0.0383 e. The topological polar surface area (TPSA) is 12.0 Å². The lowest BCUT2D eigenvalue weighted by Crippen LogP contribution is -2.45. The molecule has 1 aromatic carbocycles. The molecule has 2 heteroatoms. The summed E-state index contributed by atoms with van der Waals surface area (Å²) >= 11 is 3.64. The molecule has 2 fully saturated rings. The van der Waals surface area contributed by atoms with Crippen molar-refractivity contribution >= 4 is 21.6 Å². The van der Waals surface area contributed by atoms with Gasteiger partial charge >= 0.3 is 0 Å². The van der Waals surface area contributed by atoms with Gasteiger partial charge in [-0.25, -0.2) is 0 Å². The van der Waals surface area contributed by atoms with E-state index in [1.807, 2.05) is 0 Å². The molecule has 0 aliphatic heterocycles. The zero-order valence-corrected chi connectivity index (χ0v) is 14.0. The molecule has 2 aliphatic carbocycles. The fourth-order valence-corrected chi connectivity index (χ4v) is 4.95. The molecule has 0 radical (unpaired) electrons. The smallest absolute Gasteiger partial charge is 0.0383 e. The molecular formula is C17H24BrN. The highest BCUT2D eigenvalue weighted by atomic mass is 79.9. The van der Waals surface area contributed by atoms with Gasteiger partial charge in [0, 0.05) is 16.2 Å². The highest BCUT2D eigenvalue weighted by Gasteiger charge is 2.59. The molecule has 0 aromatic heterocycles. The molecule has 2 aliphatic rings. The molecule has 0 spiro atoms. The standard InChI is InChI=1S/C17H24BrN/c1-11-13(18)6-5-7-14(11)19-15-16(2,3)12-8-9-17(15,4)10-12/h5-7,12,15,19H,8-10H2,1-4H3/t12-,15?,17+/m0/s1. The maximum absolute atomic E-state index is 3.88. The van der Waals surface area contributed by atoms with Gasteiger partial charge in [0.25, 0.3) is 0 Å². The lowest BCUT2D eigenvalue weighted by atomic mass is 9.68. The Morgan fingerprint density at radius 3 is 2.63 bits per heavy atom. The van der Waals surface area contributed by atoms with E-state index in [0.717, 1.165) is 5.92 Å². The molecule has 0 amide bonds. The second-order valence-corrected chi connectivity index (χ2v) is 8.26. The van der Waals surface area contributed by atoms with Gasteiger partial charge in [0.2, 0.25) is 0 Å². The monoisotopic (exact) mass is 321 g/mol. The lowest BCUT2D eigenvalue weighted by molar-refractivity contribution is 0.155. The first-order valence-electron chi connectivity index (χ1n) is 7.36. The number of benzene rings is 1. The largest absolute Gasteiger partial charge is 0.381 e. The lowest BCUT2D eigenvalue weighted by Gasteiger charge is -2.44. The number of nitrogens with one attached hydrogen (secondary N) is 1. The van der Waals surface area contributed by atoms with E-state index in [9.17, 15) is 0 Å². The Hall–Kier alpha value is -0.500. The molecular weight excluding hydrogens is 298 g/mol. The van der Waals surface area contributed by atoms with Gasteiger partial charge in [-0.3, -0.25) is 0 Å². The molecule has 1 nitrogen and oxygen atoms in total. The van der Waals surface area contributed by atoms with Crippen LogP contribution in [0.1, 0.15) is 45.6 Å². The molecule has 3 atom stereocenters. The van der Waals surface area contributed by atoms with Crippen molar-refractivity contribution < 1.29 is 0 Å². The summed E-state index contributed by atoms with van der Waals surface area (Å²) in [6, 6.07) is 7.05. The van der Waals surface area contributed by atoms with Crippen LogP contribution in [0.3, 0.4) is 0 Å². The summed E-state index contributed by atoms with van der Waals surface area (Å²) in [5, 5.41) is 3.88. The van der Waals surface area contributed by atoms with Crippen molar-refractivity contribution in [2.24, 2.45) is 16.7 Å². The molecule has 19 heavy (non-hydrogen) atoms. The van der Waals surface area contributed by atoms with E-state index < -0.39 is 0 Å². The Balaban J connectivity index is 1.93. The van der Waals surface area contributed by atoms with Crippen molar-refractivity contribution in [3.63, 3.8) is 0 Å². The van der Waals surface area contributed by atoms with Crippen LogP contribution in [0.4, 0.5) is 5.69 Å². The summed E-state index contributed by atoms with van der Waals surface area (Å²) in [5.74, 6) is 0.891. The normalized spacial score (nSPS) is 35.6. The van der Waals surface area contributed by atoms with E-state index in [4.69, 9.17) is 0 Å². The number of hydrogen-bond donors (Lipinski definition) is 1. The second-order valence-electron chi connectivity index (χ2n) is 7.40. The van der Waals surface area contributed by atoms with E-state index in [1.165, 1.54) is 35.0 Å². The second kappa shape index (κ2) is 4.25. The molecule has 0 saturated heterocycles. The van der Waals surface area contributed by atoms with Crippen LogP contribution in [-0.2, 0) is 0 Å². The van der Waals surface area contributed by atoms with Gasteiger partial charge in [0.15, 0.2) is 0 Å². The highest BCUT2D eigenvalue weighted by Crippen LogP contribution is 2.63. The summed E-state index contributed by atoms with van der Waals surface area (Å²) in [5.41, 5.74) is 3.50. The van der Waals surface area contributed by atoms with Crippen LogP contribution >= 0.6 is 15.9 Å². The third kappa shape index (κ3) is 1.94. The Kier molecular flexibility index (Phi) is 3.01. The Morgan fingerprint density at radius 2 is 2.00 bits per heavy atom. The summed E-state index contributed by atoms with van der Waals surface area (Å²) in [4.78, 5) is 0. The third-order valence-electron chi connectivity index (χ3n) is 5.84. The van der Waals surface area contributed by atoms with Crippen molar-refractivity contribution in [3.05, 3.63) is 28.2 Å². The SMILES string of the molecule is Cc1c(Br)cccc1NC1C(C)(C)[C@H]2CC[C@]1(C)C2. The summed E-state index contributed by atoms with van der Waals surface area (Å²) in [7, 11) is 0. The zero-order valence-electron chi connectivity index (χ0n) is 12.4. The molecule has 2 saturated carbocycles. The number of halogens is 1. The molecule has 0 heterocycles. The van der Waals surface area contributed by atoms with Gasteiger partial charge < -0.3 is 5.32 Å². The maximum atomic E-state index is 3.88.